The molecule has 0 spiro atoms. The van der Waals surface area contributed by atoms with Crippen molar-refractivity contribution >= 4 is 11.8 Å². The first kappa shape index (κ1) is 16.7. The highest BCUT2D eigenvalue weighted by molar-refractivity contribution is 5.69. The number of carboxylic acids is 1. The lowest BCUT2D eigenvalue weighted by atomic mass is 9.85. The van der Waals surface area contributed by atoms with E-state index in [-0.39, 0.29) is 6.54 Å². The summed E-state index contributed by atoms with van der Waals surface area (Å²) in [4.78, 5) is 24.5. The number of likely N-dealkylation sites (N-methyl/N-ethyl adjacent to an activating group) is 1. The topological polar surface area (TPSA) is 81.6 Å². The average Bonchev–Trinajstić information content (AvgIpc) is 3.33. The second kappa shape index (κ2) is 6.88. The first-order valence-electron chi connectivity index (χ1n) is 9.32. The van der Waals surface area contributed by atoms with Crippen molar-refractivity contribution in [2.75, 3.05) is 32.0 Å². The normalized spacial score (nSPS) is 26.2. The van der Waals surface area contributed by atoms with Crippen LogP contribution in [0.2, 0.25) is 0 Å². The van der Waals surface area contributed by atoms with Gasteiger partial charge in [-0.3, -0.25) is 9.69 Å². The van der Waals surface area contributed by atoms with Gasteiger partial charge in [0.25, 0.3) is 0 Å². The first-order chi connectivity index (χ1) is 12.1. The molecular formula is C18H27N5O2. The van der Waals surface area contributed by atoms with Gasteiger partial charge in [0.05, 0.1) is 12.2 Å². The fourth-order valence-electron chi connectivity index (χ4n) is 3.95. The number of anilines is 1. The quantitative estimate of drug-likeness (QED) is 0.768. The number of fused-ring (bicyclic) bond motifs is 1. The van der Waals surface area contributed by atoms with E-state index in [9.17, 15) is 4.79 Å². The number of carboxylic acid groups (broad SMARTS) is 1. The van der Waals surface area contributed by atoms with Gasteiger partial charge in [0, 0.05) is 43.7 Å². The zero-order valence-corrected chi connectivity index (χ0v) is 14.8. The van der Waals surface area contributed by atoms with E-state index in [1.807, 2.05) is 0 Å². The summed E-state index contributed by atoms with van der Waals surface area (Å²) in [5.74, 6) is 0.965. The molecule has 0 saturated heterocycles. The lowest BCUT2D eigenvalue weighted by Gasteiger charge is -2.43. The SMILES string of the molecule is CN1CCc2ncnc(NC3CC(N(CC(=O)O)CC4CC4)C3)c2C1. The number of rotatable bonds is 7. The molecule has 2 fully saturated rings. The van der Waals surface area contributed by atoms with E-state index in [0.717, 1.165) is 56.3 Å². The second-order valence-electron chi connectivity index (χ2n) is 7.87. The van der Waals surface area contributed by atoms with Gasteiger partial charge in [-0.25, -0.2) is 9.97 Å². The number of aromatic nitrogens is 2. The summed E-state index contributed by atoms with van der Waals surface area (Å²) in [5.41, 5.74) is 2.38. The summed E-state index contributed by atoms with van der Waals surface area (Å²) in [7, 11) is 2.13. The van der Waals surface area contributed by atoms with Gasteiger partial charge >= 0.3 is 5.97 Å². The van der Waals surface area contributed by atoms with E-state index in [1.165, 1.54) is 18.4 Å². The molecule has 1 aliphatic heterocycles. The number of hydrogen-bond acceptors (Lipinski definition) is 6. The van der Waals surface area contributed by atoms with Crippen molar-refractivity contribution in [3.63, 3.8) is 0 Å². The van der Waals surface area contributed by atoms with Gasteiger partial charge < -0.3 is 15.3 Å². The van der Waals surface area contributed by atoms with E-state index < -0.39 is 5.97 Å². The molecule has 2 aliphatic carbocycles. The second-order valence-corrected chi connectivity index (χ2v) is 7.87. The lowest BCUT2D eigenvalue weighted by molar-refractivity contribution is -0.139. The monoisotopic (exact) mass is 345 g/mol. The first-order valence-corrected chi connectivity index (χ1v) is 9.32. The van der Waals surface area contributed by atoms with E-state index in [0.29, 0.717) is 12.1 Å². The Balaban J connectivity index is 1.35. The van der Waals surface area contributed by atoms with Crippen molar-refractivity contribution in [2.45, 2.75) is 50.7 Å². The van der Waals surface area contributed by atoms with Crippen LogP contribution in [0.4, 0.5) is 5.82 Å². The largest absolute Gasteiger partial charge is 0.480 e. The summed E-state index contributed by atoms with van der Waals surface area (Å²) in [6, 6.07) is 0.765. The van der Waals surface area contributed by atoms with Crippen LogP contribution in [0.3, 0.4) is 0 Å². The fourth-order valence-corrected chi connectivity index (χ4v) is 3.95. The van der Waals surface area contributed by atoms with Crippen molar-refractivity contribution in [1.29, 1.82) is 0 Å². The minimum Gasteiger partial charge on any atom is -0.480 e. The smallest absolute Gasteiger partial charge is 0.317 e. The van der Waals surface area contributed by atoms with Crippen LogP contribution in [0.5, 0.6) is 0 Å². The molecule has 25 heavy (non-hydrogen) atoms. The number of hydrogen-bond donors (Lipinski definition) is 2. The van der Waals surface area contributed by atoms with Crippen LogP contribution in [-0.2, 0) is 17.8 Å². The molecule has 0 radical (unpaired) electrons. The van der Waals surface area contributed by atoms with Crippen LogP contribution in [0.25, 0.3) is 0 Å². The number of carbonyl (C=O) groups is 1. The fraction of sp³-hybridized carbons (Fsp3) is 0.722. The molecule has 1 aromatic rings. The van der Waals surface area contributed by atoms with Crippen LogP contribution < -0.4 is 5.32 Å². The Morgan fingerprint density at radius 3 is 2.92 bits per heavy atom. The molecule has 7 heteroatoms. The highest BCUT2D eigenvalue weighted by Gasteiger charge is 2.37. The molecule has 0 aromatic carbocycles. The summed E-state index contributed by atoms with van der Waals surface area (Å²) in [5, 5.41) is 12.7. The third kappa shape index (κ3) is 3.93. The standard InChI is InChI=1S/C18H27N5O2/c1-22-5-4-16-15(9-22)18(20-11-19-16)21-13-6-14(7-13)23(10-17(24)25)8-12-2-3-12/h11-14H,2-10H2,1H3,(H,24,25)(H,19,20,21). The Kier molecular flexibility index (Phi) is 4.60. The Morgan fingerprint density at radius 1 is 1.40 bits per heavy atom. The maximum Gasteiger partial charge on any atom is 0.317 e. The van der Waals surface area contributed by atoms with E-state index in [1.54, 1.807) is 6.33 Å². The molecule has 2 heterocycles. The number of nitrogens with one attached hydrogen (secondary N) is 1. The molecule has 3 aliphatic rings. The maximum atomic E-state index is 11.1. The molecule has 4 rings (SSSR count). The van der Waals surface area contributed by atoms with Crippen molar-refractivity contribution in [2.24, 2.45) is 5.92 Å². The van der Waals surface area contributed by atoms with Crippen molar-refractivity contribution < 1.29 is 9.90 Å². The minimum atomic E-state index is -0.718. The van der Waals surface area contributed by atoms with Gasteiger partial charge in [-0.05, 0) is 38.6 Å². The van der Waals surface area contributed by atoms with Gasteiger partial charge in [0.15, 0.2) is 0 Å². The van der Waals surface area contributed by atoms with Gasteiger partial charge in [-0.15, -0.1) is 0 Å². The van der Waals surface area contributed by atoms with Crippen molar-refractivity contribution in [3.05, 3.63) is 17.6 Å². The molecular weight excluding hydrogens is 318 g/mol. The van der Waals surface area contributed by atoms with Gasteiger partial charge in [-0.1, -0.05) is 0 Å². The highest BCUT2D eigenvalue weighted by atomic mass is 16.4. The third-order valence-corrected chi connectivity index (χ3v) is 5.69. The van der Waals surface area contributed by atoms with Crippen molar-refractivity contribution in [1.82, 2.24) is 19.8 Å². The van der Waals surface area contributed by atoms with Gasteiger partial charge in [-0.2, -0.15) is 0 Å². The summed E-state index contributed by atoms with van der Waals surface area (Å²) in [6.45, 7) is 3.04. The average molecular weight is 345 g/mol. The molecule has 0 amide bonds. The Labute approximate surface area is 148 Å². The molecule has 2 N–H and O–H groups in total. The van der Waals surface area contributed by atoms with Gasteiger partial charge in [0.1, 0.15) is 12.1 Å². The molecule has 1 aromatic heterocycles. The summed E-state index contributed by atoms with van der Waals surface area (Å²) < 4.78 is 0. The molecule has 0 atom stereocenters. The summed E-state index contributed by atoms with van der Waals surface area (Å²) in [6.07, 6.45) is 7.13. The predicted molar refractivity (Wildman–Crippen MR) is 94.4 cm³/mol. The molecule has 0 unspecified atom stereocenters. The predicted octanol–water partition coefficient (Wildman–Crippen LogP) is 1.20. The Hall–Kier alpha value is -1.73. The lowest BCUT2D eigenvalue weighted by Crippen LogP contribution is -2.52. The number of aliphatic carboxylic acids is 1. The maximum absolute atomic E-state index is 11.1. The zero-order chi connectivity index (χ0) is 17.4. The van der Waals surface area contributed by atoms with E-state index in [4.69, 9.17) is 5.11 Å². The van der Waals surface area contributed by atoms with Crippen LogP contribution in [0.1, 0.15) is 36.9 Å². The molecule has 0 bridgehead atoms. The molecule has 7 nitrogen and oxygen atoms in total. The zero-order valence-electron chi connectivity index (χ0n) is 14.8. The minimum absolute atomic E-state index is 0.168. The van der Waals surface area contributed by atoms with Crippen LogP contribution >= 0.6 is 0 Å². The van der Waals surface area contributed by atoms with E-state index >= 15 is 0 Å². The van der Waals surface area contributed by atoms with Crippen molar-refractivity contribution in [3.8, 4) is 0 Å². The van der Waals surface area contributed by atoms with Crippen LogP contribution in [0, 0.1) is 5.92 Å². The summed E-state index contributed by atoms with van der Waals surface area (Å²) >= 11 is 0. The highest BCUT2D eigenvalue weighted by Crippen LogP contribution is 2.35. The van der Waals surface area contributed by atoms with Crippen LogP contribution in [0.15, 0.2) is 6.33 Å². The Morgan fingerprint density at radius 2 is 2.20 bits per heavy atom. The number of nitrogens with zero attached hydrogens (tertiary/aromatic N) is 4. The molecule has 2 saturated carbocycles. The Bertz CT molecular complexity index is 642. The van der Waals surface area contributed by atoms with Crippen LogP contribution in [-0.4, -0.2) is 69.6 Å². The molecule has 136 valence electrons. The van der Waals surface area contributed by atoms with E-state index in [2.05, 4.69) is 32.1 Å². The third-order valence-electron chi connectivity index (χ3n) is 5.69. The van der Waals surface area contributed by atoms with Gasteiger partial charge in [0.2, 0.25) is 0 Å².